The highest BCUT2D eigenvalue weighted by Crippen LogP contribution is 2.45. The van der Waals surface area contributed by atoms with E-state index < -0.39 is 0 Å². The maximum atomic E-state index is 2.72. The second-order valence-electron chi connectivity index (χ2n) is 40.2. The van der Waals surface area contributed by atoms with E-state index in [0.29, 0.717) is 6.04 Å². The number of hydrogen-bond donors (Lipinski definition) is 0. The predicted molar refractivity (Wildman–Crippen MR) is 441 cm³/mol. The molecule has 10 unspecified atom stereocenters. The molecule has 0 spiro atoms. The van der Waals surface area contributed by atoms with E-state index in [1.807, 2.05) is 0 Å². The van der Waals surface area contributed by atoms with Crippen LogP contribution in [0.3, 0.4) is 0 Å². The van der Waals surface area contributed by atoms with Gasteiger partial charge < -0.3 is 24.5 Å². The molecule has 10 atom stereocenters. The Morgan fingerprint density at radius 1 is 0.235 bits per heavy atom. The zero-order chi connectivity index (χ0) is 72.7. The van der Waals surface area contributed by atoms with E-state index in [2.05, 4.69) is 193 Å². The predicted octanol–water partition coefficient (Wildman–Crippen LogP) is 20.9. The third-order valence-corrected chi connectivity index (χ3v) is 30.8. The van der Waals surface area contributed by atoms with Crippen LogP contribution in [0.2, 0.25) is 0 Å². The number of fused-ring (bicyclic) bond motifs is 15. The molecule has 0 amide bonds. The van der Waals surface area contributed by atoms with Crippen molar-refractivity contribution >= 4 is 0 Å². The maximum absolute atomic E-state index is 2.72. The summed E-state index contributed by atoms with van der Waals surface area (Å²) in [4.78, 5) is 23.9. The quantitative estimate of drug-likeness (QED) is 0.240. The van der Waals surface area contributed by atoms with E-state index >= 15 is 0 Å². The van der Waals surface area contributed by atoms with Gasteiger partial charge in [-0.05, 0) is 375 Å². The van der Waals surface area contributed by atoms with Gasteiger partial charge in [-0.1, -0.05) is 69.2 Å². The van der Waals surface area contributed by atoms with Gasteiger partial charge in [-0.3, -0.25) is 19.6 Å². The van der Waals surface area contributed by atoms with Gasteiger partial charge in [0.05, 0.1) is 0 Å². The standard InChI is InChI=1S/C12H23N.3C11H21N.C11H15N.2C10H19N.C9H17N.C8H15N/c1-10(2)13-8-7-11-5-3-4-6-12(11)9-13;1-9(2)12-7-10-3-4-11(8-12)6-5-10;1-9(2)12-7-6-10-4-3-5-11(10)8-12;2*1-9(2)12-7-10-5-3-4-6-11(10)8-12;1-8(2)11-7-9-3-5-10(11)6-4-9;1-8(2)11-6-5-9-3-4-10(9)7-11;1-7(2)10-8-3-4-9(10)6-5-8;1-6(2)9-7-3-4-8(9)5-7/h10-12H,3-9H2,1-2H3;3*9-11H,3-8H2,1-2H3;3-6,9H,7-8H2,1-2H3;2*8-10H,3-7H2,1-2H3;7-9H,3-6H2,1-2H3;6-8H,3-5H2,1-2H3. The van der Waals surface area contributed by atoms with E-state index in [0.717, 1.165) is 157 Å². The minimum absolute atomic E-state index is 0.664. The highest BCUT2D eigenvalue weighted by molar-refractivity contribution is 5.30. The Morgan fingerprint density at radius 2 is 0.529 bits per heavy atom. The lowest BCUT2D eigenvalue weighted by Crippen LogP contribution is -2.51. The summed E-state index contributed by atoms with van der Waals surface area (Å²) >= 11 is 0. The molecule has 1 aromatic rings. The van der Waals surface area contributed by atoms with Crippen molar-refractivity contribution in [1.29, 1.82) is 0 Å². The molecule has 0 radical (unpaired) electrons. The molecule has 7 aliphatic carbocycles. The van der Waals surface area contributed by atoms with Crippen molar-refractivity contribution in [3.05, 3.63) is 35.4 Å². The number of nitrogens with zero attached hydrogens (tertiary/aromatic N) is 9. The van der Waals surface area contributed by atoms with Gasteiger partial charge in [-0.25, -0.2) is 0 Å². The molecule has 1 aromatic carbocycles. The number of benzene rings is 1. The molecule has 13 aliphatic heterocycles. The zero-order valence-electron chi connectivity index (χ0n) is 70.9. The number of piperidine rings is 5. The Morgan fingerprint density at radius 3 is 0.853 bits per heavy atom. The number of likely N-dealkylation sites (tertiary alicyclic amines) is 4. The minimum Gasteiger partial charge on any atom is -0.301 e. The summed E-state index contributed by atoms with van der Waals surface area (Å²) in [5, 5.41) is 0. The SMILES string of the molecule is CC(C)N1C2CCC1C2.CC(C)N1C2CCC1CC2.CC(C)N1CC2CCC(CC2)C1.CC(C)N1CC2CCC1CC2.CC(C)N1CC2CCCCC2C1.CC(C)N1CCC2CCC2C1.CC(C)N1CCC2CCCC2C1.CC(C)N1CCC2CCCCC2C1.CC(C)N1Cc2ccccc2C1. The largest absolute Gasteiger partial charge is 0.301 e. The van der Waals surface area contributed by atoms with Gasteiger partial charge in [-0.15, -0.1) is 0 Å². The molecule has 102 heavy (non-hydrogen) atoms. The second kappa shape index (κ2) is 40.7. The summed E-state index contributed by atoms with van der Waals surface area (Å²) < 4.78 is 0. The van der Waals surface area contributed by atoms with Gasteiger partial charge in [-0.2, -0.15) is 0 Å². The van der Waals surface area contributed by atoms with Gasteiger partial charge in [0.25, 0.3) is 0 Å². The molecular weight excluding hydrogens is 1240 g/mol. The summed E-state index contributed by atoms with van der Waals surface area (Å²) in [5.41, 5.74) is 3.01. The number of hydrogen-bond acceptors (Lipinski definition) is 9. The first-order chi connectivity index (χ1) is 49.0. The van der Waals surface area contributed by atoms with Crippen LogP contribution in [-0.2, 0) is 13.1 Å². The molecule has 9 nitrogen and oxygen atoms in total. The van der Waals surface area contributed by atoms with Crippen LogP contribution in [0.15, 0.2) is 24.3 Å². The fourth-order valence-corrected chi connectivity index (χ4v) is 23.8. The third kappa shape index (κ3) is 23.5. The Hall–Kier alpha value is -1.14. The molecule has 20 aliphatic rings. The van der Waals surface area contributed by atoms with E-state index in [1.54, 1.807) is 0 Å². The molecule has 19 fully saturated rings. The minimum atomic E-state index is 0.664. The lowest BCUT2D eigenvalue weighted by atomic mass is 9.69. The molecule has 12 saturated heterocycles. The van der Waals surface area contributed by atoms with E-state index in [4.69, 9.17) is 0 Å². The molecule has 13 heterocycles. The summed E-state index contributed by atoms with van der Waals surface area (Å²) in [5.74, 6) is 11.7. The van der Waals surface area contributed by atoms with Crippen LogP contribution in [0.25, 0.3) is 0 Å². The monoisotopic (exact) mass is 1410 g/mol. The van der Waals surface area contributed by atoms with E-state index in [9.17, 15) is 0 Å². The summed E-state index contributed by atoms with van der Waals surface area (Å²) in [6.45, 7) is 59.2. The van der Waals surface area contributed by atoms with E-state index in [-0.39, 0.29) is 0 Å². The number of rotatable bonds is 9. The van der Waals surface area contributed by atoms with Crippen molar-refractivity contribution < 1.29 is 0 Å². The van der Waals surface area contributed by atoms with Crippen molar-refractivity contribution in [1.82, 2.24) is 44.1 Å². The first-order valence-corrected chi connectivity index (χ1v) is 45.8. The van der Waals surface area contributed by atoms with Gasteiger partial charge in [0.2, 0.25) is 0 Å². The molecule has 9 heteroatoms. The van der Waals surface area contributed by atoms with E-state index in [1.165, 1.54) is 282 Å². The van der Waals surface area contributed by atoms with Crippen LogP contribution >= 0.6 is 0 Å². The van der Waals surface area contributed by atoms with Crippen molar-refractivity contribution in [2.24, 2.45) is 65.1 Å². The van der Waals surface area contributed by atoms with Crippen LogP contribution in [0.1, 0.15) is 335 Å². The smallest absolute Gasteiger partial charge is 0.0243 e. The normalized spacial score (nSPS) is 35.6. The molecule has 8 bridgehead atoms. The van der Waals surface area contributed by atoms with Crippen LogP contribution in [0.5, 0.6) is 0 Å². The Bertz CT molecular complexity index is 2380. The zero-order valence-corrected chi connectivity index (χ0v) is 70.9. The molecule has 7 saturated carbocycles. The van der Waals surface area contributed by atoms with Gasteiger partial charge in [0.15, 0.2) is 0 Å². The van der Waals surface area contributed by atoms with Crippen molar-refractivity contribution in [3.63, 3.8) is 0 Å². The van der Waals surface area contributed by atoms with Crippen molar-refractivity contribution in [2.75, 3.05) is 72.0 Å². The van der Waals surface area contributed by atoms with Crippen LogP contribution in [0, 0.1) is 65.1 Å². The molecule has 21 rings (SSSR count). The highest BCUT2D eigenvalue weighted by atomic mass is 15.3. The summed E-state index contributed by atoms with van der Waals surface area (Å²) in [7, 11) is 0. The first-order valence-electron chi connectivity index (χ1n) is 45.8. The topological polar surface area (TPSA) is 29.2 Å². The highest BCUT2D eigenvalue weighted by Gasteiger charge is 2.46. The first kappa shape index (κ1) is 83.3. The molecule has 0 aromatic heterocycles. The Kier molecular flexibility index (Phi) is 33.2. The summed E-state index contributed by atoms with van der Waals surface area (Å²) in [6, 6.07) is 20.4. The van der Waals surface area contributed by atoms with Crippen LogP contribution in [-0.4, -0.2) is 201 Å². The van der Waals surface area contributed by atoms with Crippen LogP contribution < -0.4 is 0 Å². The molecular formula is C93H171N9. The lowest BCUT2D eigenvalue weighted by molar-refractivity contribution is 0.0250. The summed E-state index contributed by atoms with van der Waals surface area (Å²) in [6.07, 6.45) is 46.4. The molecule has 588 valence electrons. The Balaban J connectivity index is 0.000000124. The van der Waals surface area contributed by atoms with Gasteiger partial charge in [0.1, 0.15) is 0 Å². The average molecular weight is 1420 g/mol. The maximum Gasteiger partial charge on any atom is 0.0243 e. The fourth-order valence-electron chi connectivity index (χ4n) is 23.8. The fraction of sp³-hybridized carbons (Fsp3) is 0.935. The van der Waals surface area contributed by atoms with Crippen molar-refractivity contribution in [2.45, 2.75) is 421 Å². The lowest BCUT2D eigenvalue weighted by Gasteiger charge is -2.47. The third-order valence-electron chi connectivity index (χ3n) is 30.8. The van der Waals surface area contributed by atoms with Gasteiger partial charge in [0, 0.05) is 150 Å². The second-order valence-corrected chi connectivity index (χ2v) is 40.2. The molecule has 0 N–H and O–H groups in total. The van der Waals surface area contributed by atoms with Gasteiger partial charge >= 0.3 is 0 Å². The van der Waals surface area contributed by atoms with Crippen LogP contribution in [0.4, 0.5) is 0 Å². The van der Waals surface area contributed by atoms with Crippen molar-refractivity contribution in [3.8, 4) is 0 Å². The Labute approximate surface area is 634 Å². The average Bonchev–Trinajstić information content (AvgIpc) is 1.59.